The molecule has 0 amide bonds. The predicted octanol–water partition coefficient (Wildman–Crippen LogP) is 13.6. The number of rotatable bonds is 13. The summed E-state index contributed by atoms with van der Waals surface area (Å²) in [6.45, 7) is 11.1. The van der Waals surface area contributed by atoms with Crippen molar-refractivity contribution in [2.45, 2.75) is 86.5 Å². The summed E-state index contributed by atoms with van der Waals surface area (Å²) in [5, 5.41) is 100. The number of benzene rings is 7. The number of carbonyl (C=O) groups excluding carboxylic acids is 3. The molecule has 24 heteroatoms. The number of aryl methyl sites for hydroxylation is 4. The maximum absolute atomic E-state index is 12.9. The maximum Gasteiger partial charge on any atom is 0.336 e. The molecule has 5 aromatic heterocycles. The zero-order valence-electron chi connectivity index (χ0n) is 53.4. The molecule has 0 aliphatic carbocycles. The second-order valence-corrected chi connectivity index (χ2v) is 22.9. The fourth-order valence-corrected chi connectivity index (χ4v) is 11.1. The molecule has 0 spiro atoms. The SMILES string of the molecule is CCCc1cc(=O)oc2c(C(=O)C(C)C)c(O)cc(O)c12.CCCc1cc(=O)oc2c(C(=O)c3cccc(Cl)c3)c(O)cc(O)c12.CCCc1cc(=O)oc2c(C=O)c(O)cc(O)c12.CCc1cc(=O)oc2cc(O)cc(O)c12.O=c1cc(-c2ccccc2)c2c(O)cc(O)cc2o1. The fraction of sp³-hybridized carbons (Fsp3) is 0.189. The molecule has 0 saturated carbocycles. The van der Waals surface area contributed by atoms with Gasteiger partial charge in [-0.3, -0.25) is 14.4 Å². The van der Waals surface area contributed by atoms with Gasteiger partial charge in [0.1, 0.15) is 79.8 Å². The van der Waals surface area contributed by atoms with Gasteiger partial charge in [0.15, 0.2) is 28.8 Å². The third-order valence-electron chi connectivity index (χ3n) is 15.1. The first-order valence-corrected chi connectivity index (χ1v) is 30.9. The lowest BCUT2D eigenvalue weighted by Gasteiger charge is -2.12. The highest BCUT2D eigenvalue weighted by atomic mass is 35.5. The average Bonchev–Trinajstić information content (AvgIpc) is 0.781. The molecule has 0 aliphatic heterocycles. The zero-order chi connectivity index (χ0) is 71.6. The molecule has 98 heavy (non-hydrogen) atoms. The Kier molecular flexibility index (Phi) is 22.7. The van der Waals surface area contributed by atoms with E-state index in [0.29, 0.717) is 86.4 Å². The molecule has 5 heterocycles. The van der Waals surface area contributed by atoms with Crippen LogP contribution in [0.3, 0.4) is 0 Å². The third kappa shape index (κ3) is 15.8. The van der Waals surface area contributed by atoms with Gasteiger partial charge in [-0.25, -0.2) is 24.0 Å². The second kappa shape index (κ2) is 31.0. The lowest BCUT2D eigenvalue weighted by molar-refractivity contribution is 0.0936. The molecule has 0 unspecified atom stereocenters. The van der Waals surface area contributed by atoms with Crippen LogP contribution in [0.4, 0.5) is 0 Å². The van der Waals surface area contributed by atoms with Crippen LogP contribution in [0.2, 0.25) is 5.02 Å². The number of fused-ring (bicyclic) bond motifs is 5. The van der Waals surface area contributed by atoms with Crippen molar-refractivity contribution in [1.82, 2.24) is 0 Å². The number of phenolic OH excluding ortho intramolecular Hbond substituents is 10. The minimum Gasteiger partial charge on any atom is -0.508 e. The standard InChI is InChI=1S/C19H15ClO5.C16H18O5.C15H10O4.C13H12O5.C11H10O4/c1-2-4-10-8-15(23)25-19-16(10)13(21)9-14(22)17(19)18(24)11-5-3-6-12(20)7-11;1-4-5-9-6-12(19)21-16-13(9)10(17)7-11(18)14(16)15(20)8(2)3;16-10-6-12(17)15-11(9-4-2-1-3-5-9)8-14(18)19-13(15)7-10;1-2-3-7-4-11(17)18-13-8(6-14)9(15)5-10(16)12(7)13;1-2-6-3-10(14)15-9-5-7(12)4-8(13)11(6)9/h3,5-9,21-22H,2,4H2,1H3;6-8,17-18H,4-5H2,1-3H3;1-8,16-17H;4-6,15-16H,2-3H2,1H3;3-5,12-13H,2H2,1H3. The summed E-state index contributed by atoms with van der Waals surface area (Å²) >= 11 is 5.92. The van der Waals surface area contributed by atoms with Crippen molar-refractivity contribution >= 4 is 84.3 Å². The summed E-state index contributed by atoms with van der Waals surface area (Å²) in [7, 11) is 0. The van der Waals surface area contributed by atoms with Gasteiger partial charge in [0, 0.05) is 94.9 Å². The van der Waals surface area contributed by atoms with E-state index in [1.807, 2.05) is 58.0 Å². The molecule has 0 bridgehead atoms. The molecule has 23 nitrogen and oxygen atoms in total. The summed E-state index contributed by atoms with van der Waals surface area (Å²) in [4.78, 5) is 93.8. The van der Waals surface area contributed by atoms with E-state index in [2.05, 4.69) is 0 Å². The number of hydrogen-bond acceptors (Lipinski definition) is 23. The number of aldehydes is 1. The highest BCUT2D eigenvalue weighted by molar-refractivity contribution is 6.31. The van der Waals surface area contributed by atoms with Crippen LogP contribution in [0.15, 0.2) is 173 Å². The largest absolute Gasteiger partial charge is 0.508 e. The number of halogens is 1. The highest BCUT2D eigenvalue weighted by Crippen LogP contribution is 2.41. The maximum atomic E-state index is 12.9. The Balaban J connectivity index is 0.000000158. The fourth-order valence-electron chi connectivity index (χ4n) is 10.9. The lowest BCUT2D eigenvalue weighted by atomic mass is 9.95. The Morgan fingerprint density at radius 1 is 0.429 bits per heavy atom. The molecule has 0 radical (unpaired) electrons. The number of ketones is 2. The van der Waals surface area contributed by atoms with Crippen molar-refractivity contribution in [3.8, 4) is 68.6 Å². The molecule has 0 aliphatic rings. The number of Topliss-reactive ketones (excluding diaryl/α,β-unsaturated/α-hetero) is 1. The van der Waals surface area contributed by atoms with Gasteiger partial charge >= 0.3 is 28.1 Å². The smallest absolute Gasteiger partial charge is 0.336 e. The van der Waals surface area contributed by atoms with Crippen LogP contribution in [-0.4, -0.2) is 68.9 Å². The number of aromatic hydroxyl groups is 10. The summed E-state index contributed by atoms with van der Waals surface area (Å²) in [6.07, 6.45) is 4.94. The van der Waals surface area contributed by atoms with E-state index in [0.717, 1.165) is 43.0 Å². The van der Waals surface area contributed by atoms with Gasteiger partial charge in [0.05, 0.1) is 32.5 Å². The van der Waals surface area contributed by atoms with Crippen LogP contribution < -0.4 is 28.1 Å². The Morgan fingerprint density at radius 2 is 0.847 bits per heavy atom. The molecule has 0 fully saturated rings. The normalized spacial score (nSPS) is 10.9. The van der Waals surface area contributed by atoms with E-state index in [1.54, 1.807) is 32.0 Å². The van der Waals surface area contributed by atoms with Crippen LogP contribution in [0, 0.1) is 5.92 Å². The summed E-state index contributed by atoms with van der Waals surface area (Å²) in [6, 6.07) is 30.3. The van der Waals surface area contributed by atoms with E-state index in [1.165, 1.54) is 60.7 Å². The molecule has 12 aromatic rings. The van der Waals surface area contributed by atoms with E-state index < -0.39 is 45.4 Å². The van der Waals surface area contributed by atoms with Gasteiger partial charge in [0.25, 0.3) is 0 Å². The molecule has 0 atom stereocenters. The second-order valence-electron chi connectivity index (χ2n) is 22.5. The molecule has 0 saturated heterocycles. The van der Waals surface area contributed by atoms with Gasteiger partial charge < -0.3 is 73.2 Å². The Hall–Kier alpha value is -12.1. The quantitative estimate of drug-likeness (QED) is 0.0291. The van der Waals surface area contributed by atoms with E-state index in [4.69, 9.17) is 33.7 Å². The average molecular weight is 1360 g/mol. The lowest BCUT2D eigenvalue weighted by Crippen LogP contribution is -2.11. The monoisotopic (exact) mass is 1360 g/mol. The van der Waals surface area contributed by atoms with Crippen LogP contribution in [0.1, 0.15) is 120 Å². The summed E-state index contributed by atoms with van der Waals surface area (Å²) in [5.41, 5.74) is 0.975. The Labute approximate surface area is 559 Å². The Bertz CT molecular complexity index is 5370. The minimum atomic E-state index is -0.652. The molecular formula is C74H65ClO23. The Morgan fingerprint density at radius 3 is 1.33 bits per heavy atom. The van der Waals surface area contributed by atoms with Crippen molar-refractivity contribution in [3.63, 3.8) is 0 Å². The molecule has 12 rings (SSSR count). The summed E-state index contributed by atoms with van der Waals surface area (Å²) in [5.74, 6) is -3.66. The van der Waals surface area contributed by atoms with Crippen molar-refractivity contribution in [2.24, 2.45) is 5.92 Å². The van der Waals surface area contributed by atoms with Crippen LogP contribution in [-0.2, 0) is 25.7 Å². The third-order valence-corrected chi connectivity index (χ3v) is 15.4. The first-order valence-electron chi connectivity index (χ1n) is 30.5. The number of phenols is 10. The van der Waals surface area contributed by atoms with E-state index in [9.17, 15) is 89.4 Å². The first kappa shape index (κ1) is 71.7. The molecule has 10 N–H and O–H groups in total. The van der Waals surface area contributed by atoms with Gasteiger partial charge in [-0.2, -0.15) is 0 Å². The van der Waals surface area contributed by atoms with Crippen molar-refractivity contribution < 1.29 is 87.5 Å². The van der Waals surface area contributed by atoms with Crippen LogP contribution in [0.5, 0.6) is 57.5 Å². The van der Waals surface area contributed by atoms with Gasteiger partial charge in [-0.1, -0.05) is 115 Å². The van der Waals surface area contributed by atoms with Crippen LogP contribution >= 0.6 is 11.6 Å². The van der Waals surface area contributed by atoms with Crippen molar-refractivity contribution in [1.29, 1.82) is 0 Å². The van der Waals surface area contributed by atoms with E-state index in [-0.39, 0.29) is 113 Å². The van der Waals surface area contributed by atoms with Gasteiger partial charge in [-0.15, -0.1) is 0 Å². The molecule has 506 valence electrons. The van der Waals surface area contributed by atoms with Crippen molar-refractivity contribution in [3.05, 3.63) is 229 Å². The minimum absolute atomic E-state index is 0.0397. The van der Waals surface area contributed by atoms with Gasteiger partial charge in [-0.05, 0) is 65.6 Å². The highest BCUT2D eigenvalue weighted by Gasteiger charge is 2.27. The number of hydrogen-bond donors (Lipinski definition) is 10. The first-order chi connectivity index (χ1) is 46.6. The topological polar surface area (TPSA) is 405 Å². The van der Waals surface area contributed by atoms with Crippen LogP contribution in [0.25, 0.3) is 66.0 Å². The van der Waals surface area contributed by atoms with Crippen molar-refractivity contribution in [2.75, 3.05) is 0 Å². The number of carbonyl (C=O) groups is 3. The molecular weight excluding hydrogens is 1290 g/mol. The molecule has 7 aromatic carbocycles. The van der Waals surface area contributed by atoms with Gasteiger partial charge in [0.2, 0.25) is 5.78 Å². The predicted molar refractivity (Wildman–Crippen MR) is 365 cm³/mol. The summed E-state index contributed by atoms with van der Waals surface area (Å²) < 4.78 is 25.1. The zero-order valence-corrected chi connectivity index (χ0v) is 54.1. The van der Waals surface area contributed by atoms with E-state index >= 15 is 0 Å².